The van der Waals surface area contributed by atoms with Gasteiger partial charge in [-0.3, -0.25) is 4.90 Å². The Labute approximate surface area is 74.8 Å². The molecule has 1 aliphatic rings. The van der Waals surface area contributed by atoms with Crippen molar-refractivity contribution in [2.75, 3.05) is 32.8 Å². The van der Waals surface area contributed by atoms with Gasteiger partial charge in [-0.25, -0.2) is 0 Å². The summed E-state index contributed by atoms with van der Waals surface area (Å²) in [6.45, 7) is 8.82. The lowest BCUT2D eigenvalue weighted by Gasteiger charge is -2.27. The normalized spacial score (nSPS) is 33.2. The molecule has 0 saturated carbocycles. The minimum Gasteiger partial charge on any atom is -0.395 e. The second-order valence-corrected chi connectivity index (χ2v) is 3.69. The van der Waals surface area contributed by atoms with E-state index in [1.807, 2.05) is 0 Å². The van der Waals surface area contributed by atoms with Gasteiger partial charge in [0.15, 0.2) is 0 Å². The molecule has 0 aromatic heterocycles. The highest BCUT2D eigenvalue weighted by molar-refractivity contribution is 4.78. The van der Waals surface area contributed by atoms with E-state index in [1.165, 1.54) is 0 Å². The Morgan fingerprint density at radius 3 is 2.83 bits per heavy atom. The van der Waals surface area contributed by atoms with Gasteiger partial charge in [-0.2, -0.15) is 0 Å². The van der Waals surface area contributed by atoms with Gasteiger partial charge >= 0.3 is 0 Å². The number of nitrogens with one attached hydrogen (secondary N) is 1. The molecule has 1 saturated heterocycles. The van der Waals surface area contributed by atoms with Gasteiger partial charge in [0.05, 0.1) is 6.61 Å². The van der Waals surface area contributed by atoms with Crippen LogP contribution in [-0.4, -0.2) is 48.8 Å². The smallest absolute Gasteiger partial charge is 0.0599 e. The molecular formula is C9H20N2O. The first-order valence-corrected chi connectivity index (χ1v) is 4.83. The zero-order valence-electron chi connectivity index (χ0n) is 8.08. The molecule has 0 aliphatic carbocycles. The second kappa shape index (κ2) is 4.80. The average Bonchev–Trinajstić information content (AvgIpc) is 2.26. The van der Waals surface area contributed by atoms with Gasteiger partial charge < -0.3 is 10.4 Å². The number of likely N-dealkylation sites (N-methyl/N-ethyl adjacent to an activating group) is 1. The zero-order chi connectivity index (χ0) is 8.97. The summed E-state index contributed by atoms with van der Waals surface area (Å²) in [5, 5.41) is 12.5. The number of hydrogen-bond donors (Lipinski definition) is 2. The standard InChI is InChI=1S/C9H20N2O/c1-3-11-6-8(2)4-10-5-9(11)7-12/h8-10,12H,3-7H2,1-2H3. The van der Waals surface area contributed by atoms with Crippen LogP contribution in [0.4, 0.5) is 0 Å². The Balaban J connectivity index is 2.49. The number of aliphatic hydroxyl groups is 1. The predicted molar refractivity (Wildman–Crippen MR) is 50.2 cm³/mol. The third kappa shape index (κ3) is 2.44. The number of nitrogens with zero attached hydrogens (tertiary/aromatic N) is 1. The molecule has 1 fully saturated rings. The molecule has 0 radical (unpaired) electrons. The van der Waals surface area contributed by atoms with Crippen molar-refractivity contribution < 1.29 is 5.11 Å². The van der Waals surface area contributed by atoms with Gasteiger partial charge in [-0.05, 0) is 19.0 Å². The van der Waals surface area contributed by atoms with Crippen LogP contribution in [0.1, 0.15) is 13.8 Å². The predicted octanol–water partition coefficient (Wildman–Crippen LogP) is -0.0915. The third-order valence-corrected chi connectivity index (χ3v) is 2.55. The van der Waals surface area contributed by atoms with E-state index in [9.17, 15) is 0 Å². The molecule has 0 spiro atoms. The summed E-state index contributed by atoms with van der Waals surface area (Å²) in [7, 11) is 0. The van der Waals surface area contributed by atoms with Crippen molar-refractivity contribution in [3.8, 4) is 0 Å². The number of aliphatic hydroxyl groups excluding tert-OH is 1. The molecule has 12 heavy (non-hydrogen) atoms. The second-order valence-electron chi connectivity index (χ2n) is 3.69. The summed E-state index contributed by atoms with van der Waals surface area (Å²) in [6.07, 6.45) is 0. The van der Waals surface area contributed by atoms with E-state index >= 15 is 0 Å². The molecule has 0 bridgehead atoms. The maximum atomic E-state index is 9.12. The Morgan fingerprint density at radius 2 is 2.25 bits per heavy atom. The SMILES string of the molecule is CCN1CC(C)CNCC1CO. The first-order chi connectivity index (χ1) is 5.77. The molecule has 0 aromatic carbocycles. The van der Waals surface area contributed by atoms with Gasteiger partial charge in [0.2, 0.25) is 0 Å². The van der Waals surface area contributed by atoms with Crippen LogP contribution in [0.3, 0.4) is 0 Å². The van der Waals surface area contributed by atoms with Gasteiger partial charge in [0.25, 0.3) is 0 Å². The van der Waals surface area contributed by atoms with Crippen LogP contribution in [0, 0.1) is 5.92 Å². The zero-order valence-corrected chi connectivity index (χ0v) is 8.08. The largest absolute Gasteiger partial charge is 0.395 e. The Kier molecular flexibility index (Phi) is 3.98. The van der Waals surface area contributed by atoms with Crippen molar-refractivity contribution in [2.24, 2.45) is 5.92 Å². The monoisotopic (exact) mass is 172 g/mol. The van der Waals surface area contributed by atoms with E-state index in [4.69, 9.17) is 5.11 Å². The Morgan fingerprint density at radius 1 is 1.50 bits per heavy atom. The maximum absolute atomic E-state index is 9.12. The minimum absolute atomic E-state index is 0.271. The Hall–Kier alpha value is -0.120. The molecule has 0 amide bonds. The molecule has 2 unspecified atom stereocenters. The Bertz CT molecular complexity index is 130. The molecular weight excluding hydrogens is 152 g/mol. The first-order valence-electron chi connectivity index (χ1n) is 4.83. The van der Waals surface area contributed by atoms with Gasteiger partial charge in [-0.15, -0.1) is 0 Å². The van der Waals surface area contributed by atoms with Crippen molar-refractivity contribution in [1.29, 1.82) is 0 Å². The fraction of sp³-hybridized carbons (Fsp3) is 1.00. The molecule has 3 heteroatoms. The molecule has 2 N–H and O–H groups in total. The van der Waals surface area contributed by atoms with Crippen LogP contribution < -0.4 is 5.32 Å². The highest BCUT2D eigenvalue weighted by Crippen LogP contribution is 2.07. The van der Waals surface area contributed by atoms with Gasteiger partial charge in [-0.1, -0.05) is 13.8 Å². The lowest BCUT2D eigenvalue weighted by molar-refractivity contribution is 0.129. The minimum atomic E-state index is 0.271. The highest BCUT2D eigenvalue weighted by Gasteiger charge is 2.21. The fourth-order valence-corrected chi connectivity index (χ4v) is 1.81. The van der Waals surface area contributed by atoms with Crippen LogP contribution in [0.5, 0.6) is 0 Å². The lowest BCUT2D eigenvalue weighted by Crippen LogP contribution is -2.42. The van der Waals surface area contributed by atoms with E-state index in [-0.39, 0.29) is 6.61 Å². The first kappa shape index (κ1) is 9.96. The van der Waals surface area contributed by atoms with E-state index in [0.717, 1.165) is 26.2 Å². The van der Waals surface area contributed by atoms with E-state index in [0.29, 0.717) is 12.0 Å². The summed E-state index contributed by atoms with van der Waals surface area (Å²) < 4.78 is 0. The van der Waals surface area contributed by atoms with Gasteiger partial charge in [0, 0.05) is 19.1 Å². The van der Waals surface area contributed by atoms with Gasteiger partial charge in [0.1, 0.15) is 0 Å². The average molecular weight is 172 g/mol. The summed E-state index contributed by atoms with van der Waals surface area (Å²) in [5.41, 5.74) is 0. The third-order valence-electron chi connectivity index (χ3n) is 2.55. The van der Waals surface area contributed by atoms with Crippen LogP contribution in [0.15, 0.2) is 0 Å². The quantitative estimate of drug-likeness (QED) is 0.611. The topological polar surface area (TPSA) is 35.5 Å². The molecule has 1 aliphatic heterocycles. The van der Waals surface area contributed by atoms with Crippen LogP contribution in [0.25, 0.3) is 0 Å². The molecule has 1 heterocycles. The number of hydrogen-bond acceptors (Lipinski definition) is 3. The van der Waals surface area contributed by atoms with E-state index in [1.54, 1.807) is 0 Å². The lowest BCUT2D eigenvalue weighted by atomic mass is 10.1. The van der Waals surface area contributed by atoms with E-state index in [2.05, 4.69) is 24.1 Å². The number of rotatable bonds is 2. The summed E-state index contributed by atoms with van der Waals surface area (Å²) >= 11 is 0. The molecule has 2 atom stereocenters. The molecule has 0 aromatic rings. The molecule has 3 nitrogen and oxygen atoms in total. The highest BCUT2D eigenvalue weighted by atomic mass is 16.3. The van der Waals surface area contributed by atoms with Crippen LogP contribution in [0.2, 0.25) is 0 Å². The van der Waals surface area contributed by atoms with Crippen molar-refractivity contribution in [1.82, 2.24) is 10.2 Å². The summed E-state index contributed by atoms with van der Waals surface area (Å²) in [5.74, 6) is 0.696. The van der Waals surface area contributed by atoms with Crippen molar-refractivity contribution in [3.05, 3.63) is 0 Å². The summed E-state index contributed by atoms with van der Waals surface area (Å²) in [4.78, 5) is 2.35. The van der Waals surface area contributed by atoms with Crippen molar-refractivity contribution >= 4 is 0 Å². The molecule has 72 valence electrons. The summed E-state index contributed by atoms with van der Waals surface area (Å²) in [6, 6.07) is 0.319. The van der Waals surface area contributed by atoms with Crippen molar-refractivity contribution in [2.45, 2.75) is 19.9 Å². The van der Waals surface area contributed by atoms with Crippen LogP contribution >= 0.6 is 0 Å². The van der Waals surface area contributed by atoms with Crippen LogP contribution in [-0.2, 0) is 0 Å². The molecule has 1 rings (SSSR count). The maximum Gasteiger partial charge on any atom is 0.0599 e. The van der Waals surface area contributed by atoms with E-state index < -0.39 is 0 Å². The fourth-order valence-electron chi connectivity index (χ4n) is 1.81. The van der Waals surface area contributed by atoms with Crippen molar-refractivity contribution in [3.63, 3.8) is 0 Å².